The number of carbonyl (C=O) groups excluding carboxylic acids is 1. The molecule has 1 aliphatic rings. The van der Waals surface area contributed by atoms with Gasteiger partial charge in [0.25, 0.3) is 5.01 Å². The lowest BCUT2D eigenvalue weighted by Crippen LogP contribution is -2.37. The molecular weight excluding hydrogens is 601 g/mol. The van der Waals surface area contributed by atoms with Gasteiger partial charge in [0.2, 0.25) is 5.52 Å². The predicted molar refractivity (Wildman–Crippen MR) is 174 cm³/mol. The first-order valence-corrected chi connectivity index (χ1v) is 17.3. The number of allylic oxidation sites excluding steroid dienone is 2. The monoisotopic (exact) mass is 634 g/mol. The van der Waals surface area contributed by atoms with Crippen LogP contribution in [0.4, 0.5) is 5.69 Å². The molecule has 0 fully saturated rings. The van der Waals surface area contributed by atoms with Gasteiger partial charge in [-0.1, -0.05) is 66.4 Å². The normalized spacial score (nSPS) is 15.2. The summed E-state index contributed by atoms with van der Waals surface area (Å²) >= 11 is 3.31. The van der Waals surface area contributed by atoms with Crippen molar-refractivity contribution in [2.75, 3.05) is 18.6 Å². The Morgan fingerprint density at radius 1 is 1.07 bits per heavy atom. The number of ether oxygens (including phenoxy) is 1. The summed E-state index contributed by atoms with van der Waals surface area (Å²) in [6, 6.07) is 22.3. The van der Waals surface area contributed by atoms with Gasteiger partial charge in [-0.05, 0) is 67.3 Å². The number of anilines is 1. The Hall–Kier alpha value is -3.44. The minimum absolute atomic E-state index is 0.159. The zero-order chi connectivity index (χ0) is 30.7. The molecule has 3 aromatic carbocycles. The van der Waals surface area contributed by atoms with Crippen LogP contribution in [-0.2, 0) is 21.4 Å². The first-order chi connectivity index (χ1) is 20.6. The molecule has 4 aromatic rings. The van der Waals surface area contributed by atoms with Gasteiger partial charge in [0.15, 0.2) is 6.54 Å². The molecule has 224 valence electrons. The predicted octanol–water partition coefficient (Wildman–Crippen LogP) is 7.23. The summed E-state index contributed by atoms with van der Waals surface area (Å²) in [4.78, 5) is 15.8. The van der Waals surface area contributed by atoms with Crippen LogP contribution in [0.15, 0.2) is 88.3 Å². The number of carbonyl (C=O) groups is 1. The molecule has 1 unspecified atom stereocenters. The van der Waals surface area contributed by atoms with E-state index in [2.05, 4.69) is 73.4 Å². The lowest BCUT2D eigenvalue weighted by Gasteiger charge is -2.19. The smallest absolute Gasteiger partial charge is 0.338 e. The van der Waals surface area contributed by atoms with Crippen LogP contribution in [0, 0.1) is 0 Å². The molecule has 0 radical (unpaired) electrons. The van der Waals surface area contributed by atoms with E-state index in [1.54, 1.807) is 35.2 Å². The van der Waals surface area contributed by atoms with Crippen LogP contribution in [0.25, 0.3) is 27.4 Å². The highest BCUT2D eigenvalue weighted by Gasteiger charge is 2.26. The second-order valence-electron chi connectivity index (χ2n) is 10.3. The van der Waals surface area contributed by atoms with Crippen LogP contribution >= 0.6 is 23.1 Å². The molecule has 1 aromatic heterocycles. The zero-order valence-electron chi connectivity index (χ0n) is 24.6. The number of nitrogens with zero attached hydrogens (tertiary/aromatic N) is 2. The van der Waals surface area contributed by atoms with Crippen molar-refractivity contribution in [1.82, 2.24) is 0 Å². The van der Waals surface area contributed by atoms with E-state index < -0.39 is 21.3 Å². The van der Waals surface area contributed by atoms with Crippen LogP contribution in [0.1, 0.15) is 49.0 Å². The topological polar surface area (TPSA) is 90.6 Å². The number of aromatic nitrogens is 1. The Kier molecular flexibility index (Phi) is 9.41. The molecule has 0 N–H and O–H groups in total. The van der Waals surface area contributed by atoms with E-state index in [-0.39, 0.29) is 6.42 Å². The second kappa shape index (κ2) is 13.1. The molecular formula is C33H34N2O5S3. The largest absolute Gasteiger partial charge is 0.748 e. The molecule has 10 heteroatoms. The summed E-state index contributed by atoms with van der Waals surface area (Å²) in [5.41, 5.74) is 5.86. The molecule has 0 saturated carbocycles. The summed E-state index contributed by atoms with van der Waals surface area (Å²) in [6.45, 7) is 6.83. The summed E-state index contributed by atoms with van der Waals surface area (Å²) in [7, 11) is -3.08. The van der Waals surface area contributed by atoms with Gasteiger partial charge >= 0.3 is 5.97 Å². The van der Waals surface area contributed by atoms with E-state index in [9.17, 15) is 17.8 Å². The van der Waals surface area contributed by atoms with E-state index >= 15 is 0 Å². The quantitative estimate of drug-likeness (QED) is 0.103. The van der Waals surface area contributed by atoms with Crippen LogP contribution in [0.2, 0.25) is 0 Å². The van der Waals surface area contributed by atoms with Gasteiger partial charge in [-0.15, -0.1) is 0 Å². The van der Waals surface area contributed by atoms with E-state index in [0.29, 0.717) is 12.1 Å². The molecule has 0 spiro atoms. The second-order valence-corrected chi connectivity index (χ2v) is 14.2. The minimum Gasteiger partial charge on any atom is -0.748 e. The molecule has 7 nitrogen and oxygen atoms in total. The van der Waals surface area contributed by atoms with Crippen LogP contribution in [-0.4, -0.2) is 37.8 Å². The maximum absolute atomic E-state index is 12.3. The third-order valence-electron chi connectivity index (χ3n) is 7.58. The molecule has 0 bridgehead atoms. The number of rotatable bonds is 10. The summed E-state index contributed by atoms with van der Waals surface area (Å²) in [5, 5.41) is 1.02. The Balaban J connectivity index is 1.53. The standard InChI is InChI=1S/C33H34N2O5S3/c1-5-23(18-31-34(6-2)27-20-25(12-14-29(27)41-31)24-10-8-7-9-11-24)19-32-35(17-16-22(3)43(37,38)39)28-21-26(33(36)40-4)13-15-30(28)42-32/h7-15,18-22H,5-6,16-17H2,1-4H3. The van der Waals surface area contributed by atoms with Gasteiger partial charge in [-0.3, -0.25) is 0 Å². The van der Waals surface area contributed by atoms with E-state index in [0.717, 1.165) is 38.8 Å². The van der Waals surface area contributed by atoms with Crippen molar-refractivity contribution >= 4 is 61.2 Å². The minimum atomic E-state index is -4.41. The van der Waals surface area contributed by atoms with Gasteiger partial charge in [-0.2, -0.15) is 4.57 Å². The molecule has 1 aliphatic heterocycles. The molecule has 0 amide bonds. The fourth-order valence-corrected chi connectivity index (χ4v) is 7.77. The van der Waals surface area contributed by atoms with Crippen molar-refractivity contribution in [3.8, 4) is 11.1 Å². The average molecular weight is 635 g/mol. The van der Waals surface area contributed by atoms with Gasteiger partial charge in [-0.25, -0.2) is 13.2 Å². The Labute approximate surface area is 261 Å². The van der Waals surface area contributed by atoms with Crippen molar-refractivity contribution in [1.29, 1.82) is 0 Å². The molecule has 0 aliphatic carbocycles. The third-order valence-corrected chi connectivity index (χ3v) is 11.0. The molecule has 0 saturated heterocycles. The Bertz CT molecular complexity index is 1830. The number of benzene rings is 3. The van der Waals surface area contributed by atoms with Gasteiger partial charge in [0.05, 0.1) is 38.8 Å². The first-order valence-electron chi connectivity index (χ1n) is 14.2. The fraction of sp³-hybridized carbons (Fsp3) is 0.273. The Morgan fingerprint density at radius 3 is 2.51 bits per heavy atom. The van der Waals surface area contributed by atoms with Crippen molar-refractivity contribution in [3.63, 3.8) is 0 Å². The van der Waals surface area contributed by atoms with Crippen LogP contribution in [0.5, 0.6) is 0 Å². The number of thiazole rings is 1. The SMILES string of the molecule is CCC(=Cc1sc2ccc(C(=O)OC)cc2[n+]1CCC(C)S(=O)(=O)[O-])C=C1Sc2ccc(-c3ccccc3)cc2N1CC. The van der Waals surface area contributed by atoms with E-state index in [4.69, 9.17) is 4.74 Å². The lowest BCUT2D eigenvalue weighted by atomic mass is 10.0. The maximum atomic E-state index is 12.3. The maximum Gasteiger partial charge on any atom is 0.338 e. The summed E-state index contributed by atoms with van der Waals surface area (Å²) < 4.78 is 42.8. The fourth-order valence-electron chi connectivity index (χ4n) is 5.05. The summed E-state index contributed by atoms with van der Waals surface area (Å²) in [6.07, 6.45) is 5.28. The number of fused-ring (bicyclic) bond motifs is 2. The van der Waals surface area contributed by atoms with Gasteiger partial charge in [0.1, 0.15) is 4.70 Å². The van der Waals surface area contributed by atoms with Crippen molar-refractivity contribution < 1.29 is 27.1 Å². The van der Waals surface area contributed by atoms with Crippen molar-refractivity contribution in [3.05, 3.63) is 94.0 Å². The number of aryl methyl sites for hydroxylation is 1. The number of methoxy groups -OCH3 is 1. The van der Waals surface area contributed by atoms with Crippen molar-refractivity contribution in [2.24, 2.45) is 0 Å². The number of thioether (sulfide) groups is 1. The van der Waals surface area contributed by atoms with Gasteiger partial charge in [0, 0.05) is 30.0 Å². The number of esters is 1. The highest BCUT2D eigenvalue weighted by atomic mass is 32.2. The first kappa shape index (κ1) is 31.0. The number of hydrogen-bond acceptors (Lipinski definition) is 8. The Morgan fingerprint density at radius 2 is 1.84 bits per heavy atom. The highest BCUT2D eigenvalue weighted by molar-refractivity contribution is 8.03. The van der Waals surface area contributed by atoms with Crippen LogP contribution < -0.4 is 9.47 Å². The van der Waals surface area contributed by atoms with E-state index in [1.165, 1.54) is 35.7 Å². The molecule has 43 heavy (non-hydrogen) atoms. The third kappa shape index (κ3) is 6.72. The highest BCUT2D eigenvalue weighted by Crippen LogP contribution is 2.47. The zero-order valence-corrected chi connectivity index (χ0v) is 27.0. The van der Waals surface area contributed by atoms with Gasteiger partial charge < -0.3 is 14.2 Å². The molecule has 5 rings (SSSR count). The lowest BCUT2D eigenvalue weighted by molar-refractivity contribution is -0.669. The van der Waals surface area contributed by atoms with E-state index in [1.807, 2.05) is 16.7 Å². The van der Waals surface area contributed by atoms with Crippen molar-refractivity contribution in [2.45, 2.75) is 50.3 Å². The number of hydrogen-bond donors (Lipinski definition) is 0. The molecule has 2 heterocycles. The average Bonchev–Trinajstić information content (AvgIpc) is 3.54. The molecule has 1 atom stereocenters. The van der Waals surface area contributed by atoms with Crippen LogP contribution in [0.3, 0.4) is 0 Å². The summed E-state index contributed by atoms with van der Waals surface area (Å²) in [5.74, 6) is -0.445.